The van der Waals surface area contributed by atoms with E-state index < -0.39 is 0 Å². The van der Waals surface area contributed by atoms with E-state index in [1.165, 1.54) is 11.3 Å². The number of rotatable bonds is 1. The first-order valence-corrected chi connectivity index (χ1v) is 8.69. The lowest BCUT2D eigenvalue weighted by atomic mass is 9.63. The van der Waals surface area contributed by atoms with Crippen molar-refractivity contribution < 1.29 is 9.59 Å². The number of carbonyl (C=O) groups excluding carboxylic acids is 2. The normalized spacial score (nSPS) is 40.9. The van der Waals surface area contributed by atoms with Crippen molar-refractivity contribution >= 4 is 33.4 Å². The summed E-state index contributed by atoms with van der Waals surface area (Å²) in [5.41, 5.74) is 1.71. The number of hydrogen-bond donors (Lipinski definition) is 0. The third kappa shape index (κ3) is 1.47. The summed E-state index contributed by atoms with van der Waals surface area (Å²) in [5, 5.41) is 0. The van der Waals surface area contributed by atoms with E-state index in [1.54, 1.807) is 0 Å². The van der Waals surface area contributed by atoms with Crippen LogP contribution in [0.5, 0.6) is 0 Å². The van der Waals surface area contributed by atoms with Crippen LogP contribution in [0, 0.1) is 42.4 Å². The number of halogens is 1. The van der Waals surface area contributed by atoms with Gasteiger partial charge < -0.3 is 0 Å². The average molecular weight is 358 g/mol. The molecule has 6 atom stereocenters. The van der Waals surface area contributed by atoms with Crippen LogP contribution in [0.15, 0.2) is 34.8 Å². The molecule has 3 nitrogen and oxygen atoms in total. The maximum Gasteiger partial charge on any atom is 0.238 e. The van der Waals surface area contributed by atoms with Crippen molar-refractivity contribution in [3.63, 3.8) is 0 Å². The molecule has 2 saturated carbocycles. The molecule has 5 aliphatic rings. The molecule has 1 aromatic carbocycles. The Hall–Kier alpha value is -1.42. The molecule has 0 unspecified atom stereocenters. The minimum atomic E-state index is -0.116. The monoisotopic (exact) mass is 357 g/mol. The number of hydrogen-bond acceptors (Lipinski definition) is 2. The van der Waals surface area contributed by atoms with Gasteiger partial charge in [0.2, 0.25) is 11.8 Å². The highest BCUT2D eigenvalue weighted by atomic mass is 79.9. The molecule has 2 bridgehead atoms. The van der Waals surface area contributed by atoms with Gasteiger partial charge in [0.05, 0.1) is 17.5 Å². The van der Waals surface area contributed by atoms with Gasteiger partial charge in [-0.05, 0) is 60.8 Å². The van der Waals surface area contributed by atoms with Crippen molar-refractivity contribution in [2.75, 3.05) is 4.90 Å². The van der Waals surface area contributed by atoms with Gasteiger partial charge in [0, 0.05) is 4.47 Å². The number of imide groups is 1. The topological polar surface area (TPSA) is 37.4 Å². The molecular formula is C18H16BrNO2. The molecule has 4 aliphatic carbocycles. The van der Waals surface area contributed by atoms with Crippen LogP contribution >= 0.6 is 15.9 Å². The molecule has 2 amide bonds. The average Bonchev–Trinajstić information content (AvgIpc) is 3.26. The Kier molecular flexibility index (Phi) is 2.44. The first kappa shape index (κ1) is 13.1. The van der Waals surface area contributed by atoms with E-state index in [2.05, 4.69) is 28.1 Å². The molecule has 0 spiro atoms. The van der Waals surface area contributed by atoms with Gasteiger partial charge in [0.15, 0.2) is 0 Å². The van der Waals surface area contributed by atoms with E-state index in [0.717, 1.165) is 15.7 Å². The van der Waals surface area contributed by atoms with Gasteiger partial charge in [0.1, 0.15) is 0 Å². The second kappa shape index (κ2) is 4.10. The summed E-state index contributed by atoms with van der Waals surface area (Å²) in [5.74, 6) is 1.69. The zero-order valence-electron chi connectivity index (χ0n) is 12.2. The van der Waals surface area contributed by atoms with Crippen molar-refractivity contribution in [3.05, 3.63) is 40.4 Å². The van der Waals surface area contributed by atoms with Crippen LogP contribution in [0.3, 0.4) is 0 Å². The van der Waals surface area contributed by atoms with Gasteiger partial charge in [-0.25, -0.2) is 4.90 Å². The number of carbonyl (C=O) groups is 2. The van der Waals surface area contributed by atoms with Gasteiger partial charge in [0.25, 0.3) is 0 Å². The van der Waals surface area contributed by atoms with Crippen molar-refractivity contribution in [2.45, 2.75) is 13.3 Å². The van der Waals surface area contributed by atoms with Gasteiger partial charge in [-0.15, -0.1) is 0 Å². The molecule has 0 N–H and O–H groups in total. The largest absolute Gasteiger partial charge is 0.274 e. The van der Waals surface area contributed by atoms with E-state index in [9.17, 15) is 9.59 Å². The van der Waals surface area contributed by atoms with E-state index in [0.29, 0.717) is 11.8 Å². The predicted octanol–water partition coefficient (Wildman–Crippen LogP) is 3.32. The Morgan fingerprint density at radius 1 is 1.05 bits per heavy atom. The Morgan fingerprint density at radius 3 is 2.18 bits per heavy atom. The van der Waals surface area contributed by atoms with E-state index >= 15 is 0 Å². The Morgan fingerprint density at radius 2 is 1.64 bits per heavy atom. The Bertz CT molecular complexity index is 719. The molecule has 0 radical (unpaired) electrons. The maximum absolute atomic E-state index is 13.0. The van der Waals surface area contributed by atoms with Gasteiger partial charge in [-0.3, -0.25) is 9.59 Å². The van der Waals surface area contributed by atoms with Gasteiger partial charge in [-0.1, -0.05) is 28.1 Å². The fourth-order valence-electron chi connectivity index (χ4n) is 5.06. The summed E-state index contributed by atoms with van der Waals surface area (Å²) in [6.07, 6.45) is 5.62. The van der Waals surface area contributed by atoms with Crippen LogP contribution in [0.25, 0.3) is 0 Å². The lowest BCUT2D eigenvalue weighted by Crippen LogP contribution is -2.40. The quantitative estimate of drug-likeness (QED) is 0.571. The molecule has 1 saturated heterocycles. The molecule has 1 aliphatic heterocycles. The first-order chi connectivity index (χ1) is 10.6. The molecule has 1 aromatic rings. The second-order valence-corrected chi connectivity index (χ2v) is 8.01. The summed E-state index contributed by atoms with van der Waals surface area (Å²) in [7, 11) is 0. The second-order valence-electron chi connectivity index (χ2n) is 7.10. The zero-order valence-corrected chi connectivity index (χ0v) is 13.8. The van der Waals surface area contributed by atoms with Crippen LogP contribution in [0.4, 0.5) is 5.69 Å². The van der Waals surface area contributed by atoms with Crippen LogP contribution in [0.2, 0.25) is 0 Å². The molecule has 0 aromatic heterocycles. The maximum atomic E-state index is 13.0. The summed E-state index contributed by atoms with van der Waals surface area (Å²) >= 11 is 3.44. The number of nitrogens with zero attached hydrogens (tertiary/aromatic N) is 1. The molecule has 6 rings (SSSR count). The smallest absolute Gasteiger partial charge is 0.238 e. The zero-order chi connectivity index (χ0) is 15.2. The molecule has 4 heteroatoms. The van der Waals surface area contributed by atoms with E-state index in [4.69, 9.17) is 0 Å². The highest BCUT2D eigenvalue weighted by Crippen LogP contribution is 2.65. The summed E-state index contributed by atoms with van der Waals surface area (Å²) in [4.78, 5) is 27.5. The fraction of sp³-hybridized carbons (Fsp3) is 0.444. The highest BCUT2D eigenvalue weighted by Gasteiger charge is 2.67. The van der Waals surface area contributed by atoms with E-state index in [-0.39, 0.29) is 35.5 Å². The van der Waals surface area contributed by atoms with Crippen LogP contribution in [-0.4, -0.2) is 11.8 Å². The van der Waals surface area contributed by atoms with Gasteiger partial charge in [-0.2, -0.15) is 0 Å². The lowest BCUT2D eigenvalue weighted by Gasteiger charge is -2.37. The Balaban J connectivity index is 1.60. The summed E-state index contributed by atoms with van der Waals surface area (Å²) in [6.45, 7) is 1.95. The highest BCUT2D eigenvalue weighted by molar-refractivity contribution is 9.10. The third-order valence-corrected chi connectivity index (χ3v) is 6.56. The number of benzene rings is 1. The van der Waals surface area contributed by atoms with Crippen molar-refractivity contribution in [1.82, 2.24) is 0 Å². The van der Waals surface area contributed by atoms with Crippen molar-refractivity contribution in [2.24, 2.45) is 35.5 Å². The minimum absolute atomic E-state index is 0.0186. The lowest BCUT2D eigenvalue weighted by molar-refractivity contribution is -0.124. The van der Waals surface area contributed by atoms with Crippen molar-refractivity contribution in [3.8, 4) is 0 Å². The van der Waals surface area contributed by atoms with Crippen LogP contribution in [-0.2, 0) is 9.59 Å². The van der Waals surface area contributed by atoms with Gasteiger partial charge >= 0.3 is 0 Å². The molecule has 3 fully saturated rings. The minimum Gasteiger partial charge on any atom is -0.274 e. The summed E-state index contributed by atoms with van der Waals surface area (Å²) < 4.78 is 0.966. The molecular weight excluding hydrogens is 342 g/mol. The Labute approximate surface area is 137 Å². The number of anilines is 1. The summed E-state index contributed by atoms with van der Waals surface area (Å²) in [6, 6.07) is 5.74. The molecule has 112 valence electrons. The predicted molar refractivity (Wildman–Crippen MR) is 86.1 cm³/mol. The van der Waals surface area contributed by atoms with Crippen LogP contribution < -0.4 is 4.90 Å². The number of allylic oxidation sites excluding steroid dienone is 2. The standard InChI is InChI=1S/C18H16BrNO2/c1-8-6-9(19)2-5-14(8)20-17(21)15-10-3-4-11(13-7-12(10)13)16(15)18(20)22/h2-6,10-13,15-16H,7H2,1H3/t10-,11-,12-,13+,15+,16+/m0/s1. The molecule has 1 heterocycles. The van der Waals surface area contributed by atoms with Crippen LogP contribution in [0.1, 0.15) is 12.0 Å². The first-order valence-electron chi connectivity index (χ1n) is 7.90. The number of amides is 2. The SMILES string of the molecule is Cc1cc(Br)ccc1N1C(=O)[C@@H]2[C@H]3C=C[C@@H]([C@@H]4C[C@H]34)[C@H]2C1=O. The number of aryl methyl sites for hydroxylation is 1. The van der Waals surface area contributed by atoms with E-state index in [1.807, 2.05) is 25.1 Å². The fourth-order valence-corrected chi connectivity index (χ4v) is 5.54. The third-order valence-electron chi connectivity index (χ3n) is 6.06. The molecule has 22 heavy (non-hydrogen) atoms. The van der Waals surface area contributed by atoms with Crippen molar-refractivity contribution in [1.29, 1.82) is 0 Å².